The van der Waals surface area contributed by atoms with Crippen molar-refractivity contribution in [2.24, 2.45) is 8.80 Å². The Morgan fingerprint density at radius 3 is 2.70 bits per heavy atom. The number of nitrogens with zero attached hydrogens (tertiary/aromatic N) is 5. The molecule has 0 atom stereocenters. The number of anilines is 2. The summed E-state index contributed by atoms with van der Waals surface area (Å²) in [7, 11) is -0.169. The Bertz CT molecular complexity index is 1050. The van der Waals surface area contributed by atoms with Crippen molar-refractivity contribution < 1.29 is 8.42 Å². The van der Waals surface area contributed by atoms with Gasteiger partial charge in [0, 0.05) is 31.8 Å². The molecular formula is C21H27N5O2S2. The molecule has 0 radical (unpaired) electrons. The van der Waals surface area contributed by atoms with Crippen LogP contribution in [0.4, 0.5) is 11.4 Å². The van der Waals surface area contributed by atoms with Crippen LogP contribution in [0.5, 0.6) is 0 Å². The molecule has 0 spiro atoms. The molecule has 3 rings (SSSR count). The Balaban J connectivity index is 1.79. The van der Waals surface area contributed by atoms with Gasteiger partial charge in [-0.25, -0.2) is 0 Å². The second-order valence-corrected chi connectivity index (χ2v) is 9.41. The molecule has 0 saturated carbocycles. The second-order valence-electron chi connectivity index (χ2n) is 7.13. The third kappa shape index (κ3) is 5.40. The summed E-state index contributed by atoms with van der Waals surface area (Å²) in [6.07, 6.45) is 4.58. The molecule has 7 nitrogen and oxygen atoms in total. The maximum Gasteiger partial charge on any atom is 0.363 e. The molecule has 1 aliphatic rings. The number of thioether (sulfide) groups is 1. The molecule has 0 N–H and O–H groups in total. The summed E-state index contributed by atoms with van der Waals surface area (Å²) >= 11 is 1.75. The number of hydrogen-bond acceptors (Lipinski definition) is 6. The van der Waals surface area contributed by atoms with E-state index >= 15 is 0 Å². The molecular weight excluding hydrogens is 418 g/mol. The SMILES string of the molecule is CCCN1CSc2cc(C=NS(=O)(=O)N=C(CC)c3ccc(N(C)C)cn3)ccc21. The molecule has 1 aliphatic heterocycles. The number of aromatic nitrogens is 1. The van der Waals surface area contributed by atoms with E-state index in [2.05, 4.69) is 25.6 Å². The van der Waals surface area contributed by atoms with Crippen molar-refractivity contribution in [1.29, 1.82) is 0 Å². The first kappa shape index (κ1) is 22.3. The van der Waals surface area contributed by atoms with Crippen molar-refractivity contribution in [3.63, 3.8) is 0 Å². The molecule has 9 heteroatoms. The molecule has 2 heterocycles. The Morgan fingerprint density at radius 1 is 1.27 bits per heavy atom. The van der Waals surface area contributed by atoms with Crippen LogP contribution in [-0.2, 0) is 10.2 Å². The van der Waals surface area contributed by atoms with E-state index in [1.54, 1.807) is 24.0 Å². The fraction of sp³-hybridized carbons (Fsp3) is 0.381. The van der Waals surface area contributed by atoms with Crippen molar-refractivity contribution in [2.75, 3.05) is 36.3 Å². The van der Waals surface area contributed by atoms with Gasteiger partial charge in [0.05, 0.1) is 34.9 Å². The van der Waals surface area contributed by atoms with Gasteiger partial charge in [0.25, 0.3) is 0 Å². The highest BCUT2D eigenvalue weighted by atomic mass is 32.2. The summed E-state index contributed by atoms with van der Waals surface area (Å²) < 4.78 is 32.6. The van der Waals surface area contributed by atoms with E-state index in [0.29, 0.717) is 17.8 Å². The first-order valence-electron chi connectivity index (χ1n) is 9.87. The lowest BCUT2D eigenvalue weighted by Gasteiger charge is -2.16. The van der Waals surface area contributed by atoms with Gasteiger partial charge >= 0.3 is 10.2 Å². The Kier molecular flexibility index (Phi) is 7.14. The number of rotatable bonds is 8. The zero-order valence-corrected chi connectivity index (χ0v) is 19.4. The summed E-state index contributed by atoms with van der Waals surface area (Å²) in [5.41, 5.74) is 3.79. The van der Waals surface area contributed by atoms with Gasteiger partial charge in [0.1, 0.15) is 0 Å². The summed E-state index contributed by atoms with van der Waals surface area (Å²) in [6.45, 7) is 5.02. The van der Waals surface area contributed by atoms with Gasteiger partial charge in [0.15, 0.2) is 0 Å². The maximum absolute atomic E-state index is 12.5. The number of pyridine rings is 1. The summed E-state index contributed by atoms with van der Waals surface area (Å²) in [4.78, 5) is 9.74. The first-order chi connectivity index (χ1) is 14.3. The Morgan fingerprint density at radius 2 is 2.07 bits per heavy atom. The molecule has 0 aliphatic carbocycles. The molecule has 0 amide bonds. The molecule has 2 aromatic rings. The molecule has 1 aromatic carbocycles. The minimum Gasteiger partial charge on any atom is -0.376 e. The van der Waals surface area contributed by atoms with E-state index in [-0.39, 0.29) is 0 Å². The third-order valence-electron chi connectivity index (χ3n) is 4.65. The predicted molar refractivity (Wildman–Crippen MR) is 127 cm³/mol. The van der Waals surface area contributed by atoms with Gasteiger partial charge < -0.3 is 9.80 Å². The minimum atomic E-state index is -4.01. The van der Waals surface area contributed by atoms with Crippen LogP contribution in [0.15, 0.2) is 50.2 Å². The van der Waals surface area contributed by atoms with Gasteiger partial charge in [-0.1, -0.05) is 19.9 Å². The van der Waals surface area contributed by atoms with Gasteiger partial charge in [-0.05, 0) is 42.7 Å². The molecule has 0 saturated heterocycles. The van der Waals surface area contributed by atoms with Crippen molar-refractivity contribution in [3.8, 4) is 0 Å². The quantitative estimate of drug-likeness (QED) is 0.572. The van der Waals surface area contributed by atoms with E-state index in [0.717, 1.165) is 35.0 Å². The van der Waals surface area contributed by atoms with Gasteiger partial charge in [-0.2, -0.15) is 12.8 Å². The highest BCUT2D eigenvalue weighted by Crippen LogP contribution is 2.38. The number of hydrogen-bond donors (Lipinski definition) is 0. The fourth-order valence-electron chi connectivity index (χ4n) is 3.06. The normalized spacial score (nSPS) is 14.4. The van der Waals surface area contributed by atoms with Gasteiger partial charge in [0.2, 0.25) is 0 Å². The van der Waals surface area contributed by atoms with Crippen molar-refractivity contribution >= 4 is 45.3 Å². The smallest absolute Gasteiger partial charge is 0.363 e. The van der Waals surface area contributed by atoms with E-state index in [1.807, 2.05) is 50.2 Å². The van der Waals surface area contributed by atoms with Crippen LogP contribution in [0, 0.1) is 0 Å². The largest absolute Gasteiger partial charge is 0.376 e. The lowest BCUT2D eigenvalue weighted by atomic mass is 10.2. The van der Waals surface area contributed by atoms with Crippen LogP contribution in [0.1, 0.15) is 37.9 Å². The fourth-order valence-corrected chi connectivity index (χ4v) is 4.99. The average Bonchev–Trinajstić information content (AvgIpc) is 3.13. The standard InChI is InChI=1S/C21H27N5O2S2/c1-5-11-26-15-29-21-12-16(7-10-20(21)26)13-23-30(27,28)24-18(6-2)19-9-8-17(14-22-19)25(3)4/h7-10,12-14H,5-6,11,15H2,1-4H3. The number of fused-ring (bicyclic) bond motifs is 1. The molecule has 30 heavy (non-hydrogen) atoms. The lowest BCUT2D eigenvalue weighted by molar-refractivity contribution is 0.600. The third-order valence-corrected chi connectivity index (χ3v) is 6.55. The van der Waals surface area contributed by atoms with Crippen LogP contribution in [0.2, 0.25) is 0 Å². The molecule has 0 fully saturated rings. The summed E-state index contributed by atoms with van der Waals surface area (Å²) in [5.74, 6) is 0.922. The van der Waals surface area contributed by atoms with Gasteiger partial charge in [-0.3, -0.25) is 4.98 Å². The van der Waals surface area contributed by atoms with Crippen LogP contribution in [0.25, 0.3) is 0 Å². The van der Waals surface area contributed by atoms with Crippen molar-refractivity contribution in [1.82, 2.24) is 4.98 Å². The zero-order chi connectivity index (χ0) is 21.7. The summed E-state index contributed by atoms with van der Waals surface area (Å²) in [5, 5.41) is 0. The van der Waals surface area contributed by atoms with E-state index in [9.17, 15) is 8.42 Å². The highest BCUT2D eigenvalue weighted by molar-refractivity contribution is 7.99. The van der Waals surface area contributed by atoms with Gasteiger partial charge in [-0.15, -0.1) is 16.2 Å². The van der Waals surface area contributed by atoms with E-state index in [1.165, 1.54) is 11.9 Å². The maximum atomic E-state index is 12.5. The molecule has 0 unspecified atom stereocenters. The lowest BCUT2D eigenvalue weighted by Crippen LogP contribution is -2.19. The topological polar surface area (TPSA) is 78.2 Å². The van der Waals surface area contributed by atoms with Crippen LogP contribution in [-0.4, -0.2) is 51.8 Å². The van der Waals surface area contributed by atoms with E-state index < -0.39 is 10.2 Å². The Hall–Kier alpha value is -2.39. The predicted octanol–water partition coefficient (Wildman–Crippen LogP) is 3.99. The summed E-state index contributed by atoms with van der Waals surface area (Å²) in [6, 6.07) is 9.54. The van der Waals surface area contributed by atoms with Crippen LogP contribution in [0.3, 0.4) is 0 Å². The monoisotopic (exact) mass is 445 g/mol. The Labute approximate surface area is 183 Å². The molecule has 0 bridgehead atoms. The molecule has 160 valence electrons. The average molecular weight is 446 g/mol. The zero-order valence-electron chi connectivity index (χ0n) is 17.7. The van der Waals surface area contributed by atoms with Crippen molar-refractivity contribution in [3.05, 3.63) is 47.8 Å². The minimum absolute atomic E-state index is 0.386. The first-order valence-corrected chi connectivity index (χ1v) is 12.3. The highest BCUT2D eigenvalue weighted by Gasteiger charge is 2.19. The molecule has 1 aromatic heterocycles. The van der Waals surface area contributed by atoms with Crippen molar-refractivity contribution in [2.45, 2.75) is 31.6 Å². The van der Waals surface area contributed by atoms with Crippen LogP contribution >= 0.6 is 11.8 Å². The van der Waals surface area contributed by atoms with E-state index in [4.69, 9.17) is 0 Å². The second kappa shape index (κ2) is 9.61. The van der Waals surface area contributed by atoms with Crippen LogP contribution < -0.4 is 9.80 Å². The number of benzene rings is 1.